The minimum Gasteiger partial charge on any atom is -0.383 e. The van der Waals surface area contributed by atoms with E-state index in [1.807, 2.05) is 4.31 Å². The molecule has 196 valence electrons. The van der Waals surface area contributed by atoms with Crippen molar-refractivity contribution >= 4 is 10.0 Å². The highest BCUT2D eigenvalue weighted by molar-refractivity contribution is 7.89. The molecular weight excluding hydrogens is 468 g/mol. The summed E-state index contributed by atoms with van der Waals surface area (Å²) in [5.41, 5.74) is 6.43. The van der Waals surface area contributed by atoms with E-state index in [1.165, 1.54) is 34.2 Å². The van der Waals surface area contributed by atoms with Gasteiger partial charge in [-0.1, -0.05) is 61.7 Å². The van der Waals surface area contributed by atoms with Gasteiger partial charge in [-0.2, -0.15) is 0 Å². The normalized spacial score (nSPS) is 26.6. The Balaban J connectivity index is 1.41. The fourth-order valence-corrected chi connectivity index (χ4v) is 8.91. The summed E-state index contributed by atoms with van der Waals surface area (Å²) in [6.07, 6.45) is 6.86. The predicted molar refractivity (Wildman–Crippen MR) is 147 cm³/mol. The largest absolute Gasteiger partial charge is 0.383 e. The second-order valence-corrected chi connectivity index (χ2v) is 13.3. The summed E-state index contributed by atoms with van der Waals surface area (Å²) in [6.45, 7) is 7.31. The number of hydrogen-bond donors (Lipinski definition) is 0. The standard InChI is InChI=1S/C30H42N2O3S/c1-22-10-9-13-27(23(22)2)24-14-16-25(17-15-24)30-28-20-31(36(33,34)26-11-5-4-6-12-26)18-7-8-19-32(28)29(30)21-35-3/h9-10,13-17,26,28-30H,4-8,11-12,18-21H2,1-3H3/t28-,29+,30-/m0/s1. The molecule has 1 saturated carbocycles. The molecule has 2 aromatic carbocycles. The van der Waals surface area contributed by atoms with Crippen molar-refractivity contribution in [2.24, 2.45) is 0 Å². The Hall–Kier alpha value is -1.73. The van der Waals surface area contributed by atoms with Gasteiger partial charge >= 0.3 is 0 Å². The van der Waals surface area contributed by atoms with Crippen LogP contribution < -0.4 is 0 Å². The van der Waals surface area contributed by atoms with Crippen LogP contribution in [0.3, 0.4) is 0 Å². The Morgan fingerprint density at radius 3 is 2.36 bits per heavy atom. The van der Waals surface area contributed by atoms with Crippen LogP contribution in [0.1, 0.15) is 67.6 Å². The molecule has 0 radical (unpaired) electrons. The maximum absolute atomic E-state index is 13.7. The molecule has 3 atom stereocenters. The predicted octanol–water partition coefficient (Wildman–Crippen LogP) is 5.51. The molecule has 0 amide bonds. The van der Waals surface area contributed by atoms with Gasteiger partial charge in [0.1, 0.15) is 0 Å². The molecule has 6 heteroatoms. The zero-order chi connectivity index (χ0) is 25.3. The van der Waals surface area contributed by atoms with E-state index in [9.17, 15) is 8.42 Å². The van der Waals surface area contributed by atoms with Crippen LogP contribution in [0.25, 0.3) is 11.1 Å². The van der Waals surface area contributed by atoms with Crippen LogP contribution in [0, 0.1) is 13.8 Å². The Bertz CT molecular complexity index is 1140. The second-order valence-electron chi connectivity index (χ2n) is 11.1. The van der Waals surface area contributed by atoms with E-state index in [-0.39, 0.29) is 17.2 Å². The van der Waals surface area contributed by atoms with Crippen molar-refractivity contribution in [2.75, 3.05) is 33.4 Å². The van der Waals surface area contributed by atoms with Crippen molar-refractivity contribution in [3.8, 4) is 11.1 Å². The fraction of sp³-hybridized carbons (Fsp3) is 0.600. The van der Waals surface area contributed by atoms with Crippen molar-refractivity contribution in [3.05, 3.63) is 59.2 Å². The van der Waals surface area contributed by atoms with Crippen LogP contribution in [0.4, 0.5) is 0 Å². The van der Waals surface area contributed by atoms with E-state index in [1.54, 1.807) is 7.11 Å². The number of ether oxygens (including phenoxy) is 1. The van der Waals surface area contributed by atoms with E-state index in [2.05, 4.69) is 61.2 Å². The highest BCUT2D eigenvalue weighted by atomic mass is 32.2. The van der Waals surface area contributed by atoms with Crippen molar-refractivity contribution < 1.29 is 13.2 Å². The molecule has 5 nitrogen and oxygen atoms in total. The number of hydrogen-bond acceptors (Lipinski definition) is 4. The number of nitrogens with zero attached hydrogens (tertiary/aromatic N) is 2. The summed E-state index contributed by atoms with van der Waals surface area (Å²) >= 11 is 0. The molecule has 0 spiro atoms. The third-order valence-electron chi connectivity index (χ3n) is 9.03. The zero-order valence-corrected chi connectivity index (χ0v) is 23.0. The van der Waals surface area contributed by atoms with Gasteiger partial charge in [0.2, 0.25) is 10.0 Å². The first-order valence-corrected chi connectivity index (χ1v) is 15.3. The van der Waals surface area contributed by atoms with Crippen LogP contribution in [0.2, 0.25) is 0 Å². The third kappa shape index (κ3) is 4.90. The topological polar surface area (TPSA) is 49.9 Å². The van der Waals surface area contributed by atoms with Gasteiger partial charge in [-0.25, -0.2) is 12.7 Å². The molecule has 0 bridgehead atoms. The third-order valence-corrected chi connectivity index (χ3v) is 11.4. The Kier molecular flexibility index (Phi) is 7.87. The number of benzene rings is 2. The van der Waals surface area contributed by atoms with Crippen molar-refractivity contribution in [3.63, 3.8) is 0 Å². The van der Waals surface area contributed by atoms with Crippen molar-refractivity contribution in [1.82, 2.24) is 9.21 Å². The first-order valence-electron chi connectivity index (χ1n) is 13.8. The number of rotatable bonds is 6. The minimum atomic E-state index is -3.26. The summed E-state index contributed by atoms with van der Waals surface area (Å²) in [7, 11) is -1.48. The Labute approximate surface area is 217 Å². The lowest BCUT2D eigenvalue weighted by atomic mass is 9.74. The van der Waals surface area contributed by atoms with Crippen LogP contribution in [0.5, 0.6) is 0 Å². The number of aryl methyl sites for hydroxylation is 1. The summed E-state index contributed by atoms with van der Waals surface area (Å²) in [4.78, 5) is 2.52. The molecule has 0 unspecified atom stereocenters. The van der Waals surface area contributed by atoms with E-state index in [0.29, 0.717) is 25.7 Å². The molecule has 1 aliphatic carbocycles. The fourth-order valence-electron chi connectivity index (χ4n) is 6.81. The molecule has 5 rings (SSSR count). The molecule has 2 saturated heterocycles. The molecule has 2 aromatic rings. The second kappa shape index (κ2) is 10.9. The Morgan fingerprint density at radius 2 is 1.64 bits per heavy atom. The quantitative estimate of drug-likeness (QED) is 0.514. The lowest BCUT2D eigenvalue weighted by molar-refractivity contribution is -0.0635. The molecule has 36 heavy (non-hydrogen) atoms. The molecular formula is C30H42N2O3S. The van der Waals surface area contributed by atoms with Gasteiger partial charge in [-0.15, -0.1) is 0 Å². The van der Waals surface area contributed by atoms with E-state index in [0.717, 1.165) is 45.1 Å². The summed E-state index contributed by atoms with van der Waals surface area (Å²) in [6, 6.07) is 16.0. The lowest BCUT2D eigenvalue weighted by Gasteiger charge is -2.57. The lowest BCUT2D eigenvalue weighted by Crippen LogP contribution is -2.68. The highest BCUT2D eigenvalue weighted by Gasteiger charge is 2.51. The van der Waals surface area contributed by atoms with Crippen LogP contribution in [-0.4, -0.2) is 68.3 Å². The maximum atomic E-state index is 13.7. The molecule has 0 aromatic heterocycles. The first kappa shape index (κ1) is 25.9. The average Bonchev–Trinajstić information content (AvgIpc) is 2.87. The van der Waals surface area contributed by atoms with Crippen LogP contribution in [0.15, 0.2) is 42.5 Å². The van der Waals surface area contributed by atoms with Gasteiger partial charge in [-0.05, 0) is 73.9 Å². The van der Waals surface area contributed by atoms with Gasteiger partial charge in [0.05, 0.1) is 11.9 Å². The molecule has 3 aliphatic rings. The van der Waals surface area contributed by atoms with Crippen molar-refractivity contribution in [2.45, 2.75) is 82.0 Å². The Morgan fingerprint density at radius 1 is 0.917 bits per heavy atom. The number of sulfonamides is 1. The van der Waals surface area contributed by atoms with E-state index in [4.69, 9.17) is 4.74 Å². The molecule has 2 aliphatic heterocycles. The van der Waals surface area contributed by atoms with Crippen molar-refractivity contribution in [1.29, 1.82) is 0 Å². The molecule has 2 heterocycles. The SMILES string of the molecule is COC[C@@H]1[C@@H](c2ccc(-c3cccc(C)c3C)cc2)[C@@H]2CN(S(=O)(=O)C3CCCCC3)CCCCN12. The zero-order valence-electron chi connectivity index (χ0n) is 22.2. The highest BCUT2D eigenvalue weighted by Crippen LogP contribution is 2.43. The number of fused-ring (bicyclic) bond motifs is 1. The van der Waals surface area contributed by atoms with E-state index >= 15 is 0 Å². The minimum absolute atomic E-state index is 0.190. The van der Waals surface area contributed by atoms with E-state index < -0.39 is 10.0 Å². The average molecular weight is 511 g/mol. The van der Waals surface area contributed by atoms with Gasteiger partial charge in [0, 0.05) is 38.2 Å². The summed E-state index contributed by atoms with van der Waals surface area (Å²) in [5, 5.41) is -0.190. The van der Waals surface area contributed by atoms with Gasteiger partial charge < -0.3 is 4.74 Å². The van der Waals surface area contributed by atoms with Gasteiger partial charge in [0.15, 0.2) is 0 Å². The first-order chi connectivity index (χ1) is 17.4. The smallest absolute Gasteiger partial charge is 0.217 e. The van der Waals surface area contributed by atoms with Crippen LogP contribution >= 0.6 is 0 Å². The summed E-state index contributed by atoms with van der Waals surface area (Å²) in [5.74, 6) is 0.278. The summed E-state index contributed by atoms with van der Waals surface area (Å²) < 4.78 is 34.9. The molecule has 0 N–H and O–H groups in total. The van der Waals surface area contributed by atoms with Gasteiger partial charge in [0.25, 0.3) is 0 Å². The number of methoxy groups -OCH3 is 1. The molecule has 3 fully saturated rings. The van der Waals surface area contributed by atoms with Gasteiger partial charge in [-0.3, -0.25) is 4.90 Å². The van der Waals surface area contributed by atoms with Crippen LogP contribution in [-0.2, 0) is 14.8 Å². The monoisotopic (exact) mass is 510 g/mol. The maximum Gasteiger partial charge on any atom is 0.217 e.